The van der Waals surface area contributed by atoms with Crippen LogP contribution in [-0.4, -0.2) is 11.9 Å². The van der Waals surface area contributed by atoms with Crippen molar-refractivity contribution in [1.29, 1.82) is 0 Å². The van der Waals surface area contributed by atoms with Crippen LogP contribution in [0.3, 0.4) is 0 Å². The van der Waals surface area contributed by atoms with Gasteiger partial charge in [-0.3, -0.25) is 0 Å². The van der Waals surface area contributed by atoms with Gasteiger partial charge in [-0.1, -0.05) is 27.7 Å². The van der Waals surface area contributed by atoms with Crippen molar-refractivity contribution in [2.75, 3.05) is 0 Å². The van der Waals surface area contributed by atoms with Gasteiger partial charge in [-0.2, -0.15) is 0 Å². The molecule has 0 aliphatic rings. The summed E-state index contributed by atoms with van der Waals surface area (Å²) < 4.78 is 0. The quantitative estimate of drug-likeness (QED) is 0.564. The second-order valence-electron chi connectivity index (χ2n) is 2.95. The van der Waals surface area contributed by atoms with Crippen molar-refractivity contribution in [3.05, 3.63) is 0 Å². The topological polar surface area (TPSA) is 80.3 Å². The van der Waals surface area contributed by atoms with E-state index in [-0.39, 0.29) is 28.9 Å². The van der Waals surface area contributed by atoms with Gasteiger partial charge in [0.05, 0.1) is 0 Å². The molecule has 1 radical (unpaired) electrons. The molecule has 0 aliphatic heterocycles. The van der Waals surface area contributed by atoms with Crippen molar-refractivity contribution in [1.82, 2.24) is 0 Å². The van der Waals surface area contributed by atoms with E-state index in [4.69, 9.17) is 0 Å². The molecule has 0 N–H and O–H groups in total. The summed E-state index contributed by atoms with van der Waals surface area (Å²) in [4.78, 5) is 19.2. The molecule has 0 atom stereocenters. The maximum absolute atomic E-state index is 9.59. The molecular weight excluding hydrogens is 224 g/mol. The summed E-state index contributed by atoms with van der Waals surface area (Å²) in [6.45, 7) is 6.31. The maximum Gasteiger partial charge on any atom is 2.00 e. The molecule has 0 heterocycles. The first-order valence-electron chi connectivity index (χ1n) is 3.70. The largest absolute Gasteiger partial charge is 2.00 e. The van der Waals surface area contributed by atoms with Crippen molar-refractivity contribution in [3.63, 3.8) is 0 Å². The normalized spacial score (nSPS) is 8.46. The van der Waals surface area contributed by atoms with Crippen LogP contribution >= 0.6 is 0 Å². The molecule has 0 bridgehead atoms. The van der Waals surface area contributed by atoms with Gasteiger partial charge in [0.1, 0.15) is 0 Å². The Balaban J connectivity index is -0.000000143. The van der Waals surface area contributed by atoms with E-state index in [1.807, 2.05) is 0 Å². The predicted molar refractivity (Wildman–Crippen MR) is 39.7 cm³/mol. The number of carbonyl (C=O) groups excluding carboxylic acids is 2. The zero-order valence-corrected chi connectivity index (χ0v) is 9.03. The van der Waals surface area contributed by atoms with Crippen LogP contribution in [0.2, 0.25) is 0 Å². The van der Waals surface area contributed by atoms with Crippen molar-refractivity contribution in [2.24, 2.45) is 11.8 Å². The van der Waals surface area contributed by atoms with E-state index in [1.165, 1.54) is 0 Å². The van der Waals surface area contributed by atoms with Gasteiger partial charge >= 0.3 is 17.1 Å². The second kappa shape index (κ2) is 9.55. The fraction of sp³-hybridized carbons (Fsp3) is 0.750. The molecule has 0 aromatic carbocycles. The Morgan fingerprint density at radius 1 is 0.846 bits per heavy atom. The van der Waals surface area contributed by atoms with Crippen molar-refractivity contribution in [3.8, 4) is 0 Å². The minimum atomic E-state index is -0.991. The van der Waals surface area contributed by atoms with E-state index in [0.717, 1.165) is 0 Å². The minimum absolute atomic E-state index is 0. The van der Waals surface area contributed by atoms with E-state index in [2.05, 4.69) is 0 Å². The zero-order chi connectivity index (χ0) is 10.3. The first-order chi connectivity index (χ1) is 5.29. The Morgan fingerprint density at radius 2 is 0.923 bits per heavy atom. The van der Waals surface area contributed by atoms with Crippen LogP contribution < -0.4 is 10.2 Å². The molecule has 0 aliphatic carbocycles. The molecule has 0 rings (SSSR count). The smallest absolute Gasteiger partial charge is 0.550 e. The van der Waals surface area contributed by atoms with Gasteiger partial charge in [0.25, 0.3) is 0 Å². The molecule has 0 spiro atoms. The van der Waals surface area contributed by atoms with Crippen molar-refractivity contribution >= 4 is 11.9 Å². The molecular formula is C8H14CuO4. The van der Waals surface area contributed by atoms with Gasteiger partial charge in [-0.05, 0) is 11.8 Å². The summed E-state index contributed by atoms with van der Waals surface area (Å²) in [5.74, 6) is -2.67. The summed E-state index contributed by atoms with van der Waals surface area (Å²) in [5, 5.41) is 19.2. The molecule has 5 heteroatoms. The van der Waals surface area contributed by atoms with E-state index in [1.54, 1.807) is 27.7 Å². The summed E-state index contributed by atoms with van der Waals surface area (Å²) in [6, 6.07) is 0. The number of rotatable bonds is 2. The third-order valence-electron chi connectivity index (χ3n) is 0.943. The van der Waals surface area contributed by atoms with Gasteiger partial charge < -0.3 is 19.8 Å². The Labute approximate surface area is 88.8 Å². The minimum Gasteiger partial charge on any atom is -0.550 e. The van der Waals surface area contributed by atoms with Crippen LogP contribution in [0.5, 0.6) is 0 Å². The average molecular weight is 238 g/mol. The molecule has 0 aromatic heterocycles. The number of carboxylic acids is 2. The molecule has 0 amide bonds. The second-order valence-corrected chi connectivity index (χ2v) is 2.95. The fourth-order valence-corrected chi connectivity index (χ4v) is 0. The van der Waals surface area contributed by atoms with Crippen LogP contribution in [0, 0.1) is 11.8 Å². The number of carbonyl (C=O) groups is 2. The third-order valence-corrected chi connectivity index (χ3v) is 0.943. The number of carboxylic acid groups (broad SMARTS) is 2. The fourth-order valence-electron chi connectivity index (χ4n) is 0. The number of hydrogen-bond donors (Lipinski definition) is 0. The first kappa shape index (κ1) is 18.3. The van der Waals surface area contributed by atoms with Crippen molar-refractivity contribution < 1.29 is 36.9 Å². The van der Waals surface area contributed by atoms with Crippen LogP contribution in [0.4, 0.5) is 0 Å². The predicted octanol–water partition coefficient (Wildman–Crippen LogP) is -1.22. The van der Waals surface area contributed by atoms with Crippen LogP contribution in [0.15, 0.2) is 0 Å². The van der Waals surface area contributed by atoms with E-state index in [0.29, 0.717) is 0 Å². The van der Waals surface area contributed by atoms with E-state index >= 15 is 0 Å². The molecule has 0 saturated carbocycles. The molecule has 0 fully saturated rings. The third kappa shape index (κ3) is 18.4. The van der Waals surface area contributed by atoms with Crippen LogP contribution in [0.25, 0.3) is 0 Å². The Bertz CT molecular complexity index is 136. The van der Waals surface area contributed by atoms with Gasteiger partial charge in [0.15, 0.2) is 0 Å². The summed E-state index contributed by atoms with van der Waals surface area (Å²) in [7, 11) is 0. The van der Waals surface area contributed by atoms with Gasteiger partial charge in [-0.15, -0.1) is 0 Å². The monoisotopic (exact) mass is 237 g/mol. The molecule has 4 nitrogen and oxygen atoms in total. The Hall–Kier alpha value is -0.541. The molecule has 0 aromatic rings. The summed E-state index contributed by atoms with van der Waals surface area (Å²) in [6.07, 6.45) is 0. The zero-order valence-electron chi connectivity index (χ0n) is 8.09. The Kier molecular flexibility index (Phi) is 13.4. The van der Waals surface area contributed by atoms with Gasteiger partial charge in [0.2, 0.25) is 0 Å². The first-order valence-corrected chi connectivity index (χ1v) is 3.70. The van der Waals surface area contributed by atoms with Gasteiger partial charge in [0, 0.05) is 11.9 Å². The van der Waals surface area contributed by atoms with E-state index in [9.17, 15) is 19.8 Å². The molecule has 81 valence electrons. The van der Waals surface area contributed by atoms with E-state index < -0.39 is 11.9 Å². The Morgan fingerprint density at radius 3 is 0.923 bits per heavy atom. The number of aliphatic carboxylic acids is 2. The molecule has 13 heavy (non-hydrogen) atoms. The average Bonchev–Trinajstić information content (AvgIpc) is 1.88. The van der Waals surface area contributed by atoms with Gasteiger partial charge in [-0.25, -0.2) is 0 Å². The molecule has 0 unspecified atom stereocenters. The summed E-state index contributed by atoms with van der Waals surface area (Å²) in [5.41, 5.74) is 0. The van der Waals surface area contributed by atoms with Crippen molar-refractivity contribution in [2.45, 2.75) is 27.7 Å². The SMILES string of the molecule is CC(C)C(=O)[O-].CC(C)C(=O)[O-].[Cu+2]. The van der Waals surface area contributed by atoms with Crippen LogP contribution in [0.1, 0.15) is 27.7 Å². The maximum atomic E-state index is 9.59. The molecule has 0 saturated heterocycles. The van der Waals surface area contributed by atoms with Crippen LogP contribution in [-0.2, 0) is 26.7 Å². The standard InChI is InChI=1S/2C4H8O2.Cu/c2*1-3(2)4(5)6;/h2*3H,1-2H3,(H,5,6);/q;;+2/p-2. The summed E-state index contributed by atoms with van der Waals surface area (Å²) >= 11 is 0. The number of hydrogen-bond acceptors (Lipinski definition) is 4.